The van der Waals surface area contributed by atoms with Gasteiger partial charge in [0.1, 0.15) is 5.69 Å². The molecule has 0 unspecified atom stereocenters. The highest BCUT2D eigenvalue weighted by atomic mass is 35.5. The lowest BCUT2D eigenvalue weighted by Crippen LogP contribution is -2.10. The molecule has 0 spiro atoms. The quantitative estimate of drug-likeness (QED) is 0.789. The smallest absolute Gasteiger partial charge is 0.264 e. The molecule has 0 aliphatic rings. The maximum Gasteiger partial charge on any atom is 0.433 e. The highest BCUT2D eigenvalue weighted by Gasteiger charge is 2.33. The molecule has 0 saturated heterocycles. The second-order valence-electron chi connectivity index (χ2n) is 3.55. The van der Waals surface area contributed by atoms with Crippen LogP contribution in [0.5, 0.6) is 0 Å². The van der Waals surface area contributed by atoms with Crippen LogP contribution < -0.4 is 0 Å². The van der Waals surface area contributed by atoms with Crippen molar-refractivity contribution >= 4 is 11.6 Å². The number of nitrogens with zero attached hydrogens (tertiary/aromatic N) is 3. The van der Waals surface area contributed by atoms with Gasteiger partial charge in [-0.15, -0.1) is 0 Å². The van der Waals surface area contributed by atoms with Crippen LogP contribution in [-0.2, 0) is 12.6 Å². The summed E-state index contributed by atoms with van der Waals surface area (Å²) in [6, 6.07) is 4.33. The van der Waals surface area contributed by atoms with E-state index in [0.29, 0.717) is 0 Å². The molecule has 2 aromatic heterocycles. The highest BCUT2D eigenvalue weighted by molar-refractivity contribution is 6.28. The van der Waals surface area contributed by atoms with E-state index in [4.69, 9.17) is 11.6 Å². The van der Waals surface area contributed by atoms with E-state index in [0.717, 1.165) is 11.6 Å². The standard InChI is InChI=1S/C11H7ClF3N3/c12-10-17-8(4-7-2-1-3-16-6-7)5-9(18-10)11(13,14)15/h1-3,5-6H,4H2. The zero-order valence-corrected chi connectivity index (χ0v) is 9.70. The Kier molecular flexibility index (Phi) is 3.47. The number of aromatic nitrogens is 3. The number of alkyl halides is 3. The van der Waals surface area contributed by atoms with Gasteiger partial charge < -0.3 is 0 Å². The first-order valence-electron chi connectivity index (χ1n) is 4.95. The van der Waals surface area contributed by atoms with Crippen molar-refractivity contribution in [3.8, 4) is 0 Å². The van der Waals surface area contributed by atoms with Gasteiger partial charge in [0.25, 0.3) is 0 Å². The van der Waals surface area contributed by atoms with Gasteiger partial charge in [0.15, 0.2) is 0 Å². The van der Waals surface area contributed by atoms with E-state index in [2.05, 4.69) is 15.0 Å². The van der Waals surface area contributed by atoms with Gasteiger partial charge in [0, 0.05) is 18.8 Å². The summed E-state index contributed by atoms with van der Waals surface area (Å²) in [5, 5.41) is -0.413. The molecule has 7 heteroatoms. The fourth-order valence-corrected chi connectivity index (χ4v) is 1.61. The van der Waals surface area contributed by atoms with Crippen LogP contribution in [0, 0.1) is 0 Å². The summed E-state index contributed by atoms with van der Waals surface area (Å²) < 4.78 is 37.6. The number of halogens is 4. The number of hydrogen-bond acceptors (Lipinski definition) is 3. The zero-order valence-electron chi connectivity index (χ0n) is 8.95. The molecule has 2 heterocycles. The van der Waals surface area contributed by atoms with Gasteiger partial charge in [0.05, 0.1) is 5.69 Å². The summed E-state index contributed by atoms with van der Waals surface area (Å²) in [4.78, 5) is 10.8. The molecule has 0 N–H and O–H groups in total. The molecule has 2 rings (SSSR count). The molecule has 2 aromatic rings. The number of rotatable bonds is 2. The Bertz CT molecular complexity index is 543. The van der Waals surface area contributed by atoms with Crippen LogP contribution in [0.3, 0.4) is 0 Å². The number of hydrogen-bond donors (Lipinski definition) is 0. The summed E-state index contributed by atoms with van der Waals surface area (Å²) in [6.07, 6.45) is -1.17. The minimum absolute atomic E-state index is 0.204. The molecular weight excluding hydrogens is 267 g/mol. The van der Waals surface area contributed by atoms with E-state index >= 15 is 0 Å². The summed E-state index contributed by atoms with van der Waals surface area (Å²) in [5.41, 5.74) is -0.0860. The van der Waals surface area contributed by atoms with Gasteiger partial charge in [-0.2, -0.15) is 13.2 Å². The maximum atomic E-state index is 12.5. The molecule has 0 bridgehead atoms. The Morgan fingerprint density at radius 3 is 2.61 bits per heavy atom. The predicted molar refractivity (Wildman–Crippen MR) is 59.1 cm³/mol. The summed E-state index contributed by atoms with van der Waals surface area (Å²) in [5.74, 6) is 0. The summed E-state index contributed by atoms with van der Waals surface area (Å²) in [7, 11) is 0. The minimum Gasteiger partial charge on any atom is -0.264 e. The first kappa shape index (κ1) is 12.8. The van der Waals surface area contributed by atoms with E-state index in [-0.39, 0.29) is 12.1 Å². The molecule has 0 saturated carbocycles. The van der Waals surface area contributed by atoms with Crippen LogP contribution in [-0.4, -0.2) is 15.0 Å². The monoisotopic (exact) mass is 273 g/mol. The van der Waals surface area contributed by atoms with Crippen LogP contribution >= 0.6 is 11.6 Å². The van der Waals surface area contributed by atoms with Crippen molar-refractivity contribution in [2.45, 2.75) is 12.6 Å². The second-order valence-corrected chi connectivity index (χ2v) is 3.89. The van der Waals surface area contributed by atoms with E-state index in [9.17, 15) is 13.2 Å². The molecule has 0 radical (unpaired) electrons. The SMILES string of the molecule is FC(F)(F)c1cc(Cc2cccnc2)nc(Cl)n1. The zero-order chi connectivity index (χ0) is 13.2. The molecule has 0 aliphatic heterocycles. The Morgan fingerprint density at radius 2 is 2.00 bits per heavy atom. The van der Waals surface area contributed by atoms with Crippen molar-refractivity contribution in [2.75, 3.05) is 0 Å². The van der Waals surface area contributed by atoms with Crippen molar-refractivity contribution in [3.05, 3.63) is 52.8 Å². The van der Waals surface area contributed by atoms with Crippen molar-refractivity contribution in [3.63, 3.8) is 0 Å². The maximum absolute atomic E-state index is 12.5. The van der Waals surface area contributed by atoms with E-state index in [1.807, 2.05) is 0 Å². The van der Waals surface area contributed by atoms with Gasteiger partial charge >= 0.3 is 6.18 Å². The van der Waals surface area contributed by atoms with Gasteiger partial charge in [-0.05, 0) is 29.3 Å². The molecule has 94 valence electrons. The van der Waals surface area contributed by atoms with Gasteiger partial charge in [-0.1, -0.05) is 6.07 Å². The molecule has 0 amide bonds. The van der Waals surface area contributed by atoms with Crippen LogP contribution in [0.1, 0.15) is 17.0 Å². The summed E-state index contributed by atoms with van der Waals surface area (Å²) >= 11 is 5.48. The molecule has 0 fully saturated rings. The van der Waals surface area contributed by atoms with Gasteiger partial charge in [0.2, 0.25) is 5.28 Å². The Morgan fingerprint density at radius 1 is 1.22 bits per heavy atom. The predicted octanol–water partition coefficient (Wildman–Crippen LogP) is 3.13. The van der Waals surface area contributed by atoms with E-state index < -0.39 is 17.2 Å². The third-order valence-electron chi connectivity index (χ3n) is 2.15. The Balaban J connectivity index is 2.32. The normalized spacial score (nSPS) is 11.6. The average molecular weight is 274 g/mol. The highest BCUT2D eigenvalue weighted by Crippen LogP contribution is 2.28. The molecule has 0 aromatic carbocycles. The van der Waals surface area contributed by atoms with Gasteiger partial charge in [-0.3, -0.25) is 4.98 Å². The second kappa shape index (κ2) is 4.89. The van der Waals surface area contributed by atoms with Crippen LogP contribution in [0.25, 0.3) is 0 Å². The van der Waals surface area contributed by atoms with Gasteiger partial charge in [-0.25, -0.2) is 9.97 Å². The van der Waals surface area contributed by atoms with Crippen LogP contribution in [0.15, 0.2) is 30.6 Å². The fourth-order valence-electron chi connectivity index (χ4n) is 1.41. The molecule has 18 heavy (non-hydrogen) atoms. The summed E-state index contributed by atoms with van der Waals surface area (Å²) in [6.45, 7) is 0. The lowest BCUT2D eigenvalue weighted by Gasteiger charge is -2.08. The fraction of sp³-hybridized carbons (Fsp3) is 0.182. The lowest BCUT2D eigenvalue weighted by molar-refractivity contribution is -0.141. The van der Waals surface area contributed by atoms with E-state index in [1.165, 1.54) is 0 Å². The van der Waals surface area contributed by atoms with E-state index in [1.54, 1.807) is 24.5 Å². The Labute approximate surface area is 106 Å². The molecule has 0 aliphatic carbocycles. The molecule has 3 nitrogen and oxygen atoms in total. The topological polar surface area (TPSA) is 38.7 Å². The molecular formula is C11H7ClF3N3. The third-order valence-corrected chi connectivity index (χ3v) is 2.32. The average Bonchev–Trinajstić information content (AvgIpc) is 2.28. The first-order valence-corrected chi connectivity index (χ1v) is 5.32. The first-order chi connectivity index (χ1) is 8.45. The molecule has 0 atom stereocenters. The van der Waals surface area contributed by atoms with Crippen molar-refractivity contribution in [2.24, 2.45) is 0 Å². The van der Waals surface area contributed by atoms with Crippen LogP contribution in [0.2, 0.25) is 5.28 Å². The van der Waals surface area contributed by atoms with Crippen molar-refractivity contribution < 1.29 is 13.2 Å². The largest absolute Gasteiger partial charge is 0.433 e. The Hall–Kier alpha value is -1.69. The van der Waals surface area contributed by atoms with Crippen LogP contribution in [0.4, 0.5) is 13.2 Å². The minimum atomic E-state index is -4.53. The van der Waals surface area contributed by atoms with Crippen molar-refractivity contribution in [1.29, 1.82) is 0 Å². The third kappa shape index (κ3) is 3.16. The lowest BCUT2D eigenvalue weighted by atomic mass is 10.1. The number of pyridine rings is 1. The van der Waals surface area contributed by atoms with Crippen molar-refractivity contribution in [1.82, 2.24) is 15.0 Å².